The van der Waals surface area contributed by atoms with Crippen molar-refractivity contribution in [1.29, 1.82) is 0 Å². The van der Waals surface area contributed by atoms with Crippen LogP contribution in [-0.2, 0) is 22.4 Å². The topological polar surface area (TPSA) is 45.7 Å². The molecule has 106 valence electrons. The summed E-state index contributed by atoms with van der Waals surface area (Å²) in [6.07, 6.45) is 1.22. The molecule has 1 aromatic heterocycles. The van der Waals surface area contributed by atoms with Crippen LogP contribution in [0.1, 0.15) is 10.7 Å². The van der Waals surface area contributed by atoms with Crippen molar-refractivity contribution in [3.05, 3.63) is 16.1 Å². The lowest BCUT2D eigenvalue weighted by atomic mass is 10.1. The third kappa shape index (κ3) is 3.99. The molecule has 5 nitrogen and oxygen atoms in total. The smallest absolute Gasteiger partial charge is 0.311 e. The number of ether oxygens (including phenoxy) is 1. The number of rotatable bonds is 4. The van der Waals surface area contributed by atoms with Crippen LogP contribution in [0.3, 0.4) is 0 Å². The van der Waals surface area contributed by atoms with Gasteiger partial charge in [0.05, 0.1) is 24.2 Å². The number of methoxy groups -OCH3 is 1. The van der Waals surface area contributed by atoms with Crippen molar-refractivity contribution in [2.45, 2.75) is 18.9 Å². The molecule has 1 saturated heterocycles. The molecule has 0 amide bonds. The van der Waals surface area contributed by atoms with Crippen molar-refractivity contribution in [3.63, 3.8) is 0 Å². The lowest BCUT2D eigenvalue weighted by molar-refractivity contribution is -0.139. The van der Waals surface area contributed by atoms with Crippen molar-refractivity contribution >= 4 is 17.3 Å². The van der Waals surface area contributed by atoms with Crippen LogP contribution in [-0.4, -0.2) is 67.6 Å². The first-order valence-corrected chi connectivity index (χ1v) is 7.35. The van der Waals surface area contributed by atoms with Crippen LogP contribution in [0.4, 0.5) is 0 Å². The number of piperazine rings is 1. The van der Waals surface area contributed by atoms with Crippen LogP contribution in [0.2, 0.25) is 0 Å². The number of nitrogens with zero attached hydrogens (tertiary/aromatic N) is 3. The number of hydrogen-bond acceptors (Lipinski definition) is 6. The Kier molecular flexibility index (Phi) is 4.90. The van der Waals surface area contributed by atoms with Crippen LogP contribution < -0.4 is 0 Å². The van der Waals surface area contributed by atoms with Crippen molar-refractivity contribution < 1.29 is 9.53 Å². The number of carbonyl (C=O) groups excluding carboxylic acids is 1. The van der Waals surface area contributed by atoms with Gasteiger partial charge in [-0.15, -0.1) is 11.3 Å². The van der Waals surface area contributed by atoms with Crippen molar-refractivity contribution in [3.8, 4) is 0 Å². The van der Waals surface area contributed by atoms with Crippen LogP contribution in [0.5, 0.6) is 0 Å². The Morgan fingerprint density at radius 2 is 2.32 bits per heavy atom. The van der Waals surface area contributed by atoms with Crippen LogP contribution >= 0.6 is 11.3 Å². The summed E-state index contributed by atoms with van der Waals surface area (Å²) in [5.41, 5.74) is 0.818. The molecule has 2 heterocycles. The zero-order valence-corrected chi connectivity index (χ0v) is 12.6. The van der Waals surface area contributed by atoms with Gasteiger partial charge in [-0.05, 0) is 14.1 Å². The van der Waals surface area contributed by atoms with Crippen LogP contribution in [0.15, 0.2) is 5.38 Å². The maximum absolute atomic E-state index is 11.2. The van der Waals surface area contributed by atoms with E-state index in [1.165, 1.54) is 7.11 Å². The van der Waals surface area contributed by atoms with Gasteiger partial charge in [0.25, 0.3) is 0 Å². The van der Waals surface area contributed by atoms with E-state index in [-0.39, 0.29) is 12.4 Å². The first-order valence-electron chi connectivity index (χ1n) is 6.47. The molecule has 0 spiro atoms. The third-order valence-corrected chi connectivity index (χ3v) is 4.46. The van der Waals surface area contributed by atoms with Gasteiger partial charge in [-0.25, -0.2) is 4.98 Å². The summed E-state index contributed by atoms with van der Waals surface area (Å²) < 4.78 is 4.66. The summed E-state index contributed by atoms with van der Waals surface area (Å²) >= 11 is 1.63. The second kappa shape index (κ2) is 6.45. The van der Waals surface area contributed by atoms with E-state index in [2.05, 4.69) is 33.6 Å². The highest BCUT2D eigenvalue weighted by atomic mass is 32.1. The number of hydrogen-bond donors (Lipinski definition) is 0. The molecule has 1 aliphatic rings. The molecule has 0 radical (unpaired) electrons. The Balaban J connectivity index is 1.93. The van der Waals surface area contributed by atoms with Crippen molar-refractivity contribution in [2.75, 3.05) is 40.8 Å². The average Bonchev–Trinajstić information content (AvgIpc) is 2.81. The molecule has 0 bridgehead atoms. The monoisotopic (exact) mass is 283 g/mol. The van der Waals surface area contributed by atoms with E-state index in [1.54, 1.807) is 11.3 Å². The molecule has 0 aromatic carbocycles. The van der Waals surface area contributed by atoms with E-state index in [1.807, 2.05) is 5.38 Å². The lowest BCUT2D eigenvalue weighted by Crippen LogP contribution is -2.50. The Labute approximate surface area is 118 Å². The molecule has 1 aliphatic heterocycles. The van der Waals surface area contributed by atoms with Gasteiger partial charge in [0.2, 0.25) is 0 Å². The summed E-state index contributed by atoms with van der Waals surface area (Å²) in [6.45, 7) is 3.29. The molecule has 19 heavy (non-hydrogen) atoms. The summed E-state index contributed by atoms with van der Waals surface area (Å²) in [5, 5.41) is 3.06. The number of esters is 1. The van der Waals surface area contributed by atoms with Gasteiger partial charge in [0.15, 0.2) is 0 Å². The molecular formula is C13H21N3O2S. The predicted octanol–water partition coefficient (Wildman–Crippen LogP) is 0.647. The first-order chi connectivity index (χ1) is 9.08. The van der Waals surface area contributed by atoms with E-state index < -0.39 is 0 Å². The first kappa shape index (κ1) is 14.4. The largest absolute Gasteiger partial charge is 0.469 e. The molecule has 1 aromatic rings. The summed E-state index contributed by atoms with van der Waals surface area (Å²) in [6, 6.07) is 0.510. The molecule has 2 rings (SSSR count). The Morgan fingerprint density at radius 1 is 1.53 bits per heavy atom. The van der Waals surface area contributed by atoms with Gasteiger partial charge in [0.1, 0.15) is 0 Å². The van der Waals surface area contributed by atoms with Gasteiger partial charge in [-0.1, -0.05) is 0 Å². The average molecular weight is 283 g/mol. The van der Waals surface area contributed by atoms with Gasteiger partial charge in [-0.3, -0.25) is 4.79 Å². The molecular weight excluding hydrogens is 262 g/mol. The van der Waals surface area contributed by atoms with E-state index in [0.717, 1.165) is 36.8 Å². The van der Waals surface area contributed by atoms with Gasteiger partial charge in [-0.2, -0.15) is 0 Å². The number of likely N-dealkylation sites (N-methyl/N-ethyl adjacent to an activating group) is 2. The Bertz CT molecular complexity index is 435. The van der Waals surface area contributed by atoms with Crippen LogP contribution in [0, 0.1) is 0 Å². The maximum atomic E-state index is 11.2. The predicted molar refractivity (Wildman–Crippen MR) is 75.5 cm³/mol. The van der Waals surface area contributed by atoms with Crippen LogP contribution in [0.25, 0.3) is 0 Å². The minimum atomic E-state index is -0.230. The molecule has 1 unspecified atom stereocenters. The van der Waals surface area contributed by atoms with E-state index in [0.29, 0.717) is 6.04 Å². The highest BCUT2D eigenvalue weighted by Crippen LogP contribution is 2.17. The fraction of sp³-hybridized carbons (Fsp3) is 0.692. The van der Waals surface area contributed by atoms with Crippen molar-refractivity contribution in [1.82, 2.24) is 14.8 Å². The van der Waals surface area contributed by atoms with Gasteiger partial charge < -0.3 is 14.5 Å². The van der Waals surface area contributed by atoms with Gasteiger partial charge >= 0.3 is 5.97 Å². The molecule has 6 heteroatoms. The SMILES string of the molecule is COC(=O)Cc1csc(CC2CN(C)CCN2C)n1. The van der Waals surface area contributed by atoms with Crippen molar-refractivity contribution in [2.24, 2.45) is 0 Å². The number of aromatic nitrogens is 1. The minimum Gasteiger partial charge on any atom is -0.469 e. The zero-order chi connectivity index (χ0) is 13.8. The lowest BCUT2D eigenvalue weighted by Gasteiger charge is -2.37. The van der Waals surface area contributed by atoms with E-state index >= 15 is 0 Å². The maximum Gasteiger partial charge on any atom is 0.311 e. The highest BCUT2D eigenvalue weighted by molar-refractivity contribution is 7.09. The summed E-state index contributed by atoms with van der Waals surface area (Å²) in [5.74, 6) is -0.230. The van der Waals surface area contributed by atoms with E-state index in [9.17, 15) is 4.79 Å². The second-order valence-corrected chi connectivity index (χ2v) is 6.03. The quantitative estimate of drug-likeness (QED) is 0.759. The third-order valence-electron chi connectivity index (χ3n) is 3.54. The zero-order valence-electron chi connectivity index (χ0n) is 11.8. The second-order valence-electron chi connectivity index (χ2n) is 5.09. The fourth-order valence-electron chi connectivity index (χ4n) is 2.27. The molecule has 0 N–H and O–H groups in total. The molecule has 1 fully saturated rings. The molecule has 1 atom stereocenters. The Morgan fingerprint density at radius 3 is 3.05 bits per heavy atom. The Hall–Kier alpha value is -0.980. The standard InChI is InChI=1S/C13H21N3O2S/c1-15-4-5-16(2)11(8-15)7-12-14-10(9-19-12)6-13(17)18-3/h9,11H,4-8H2,1-3H3. The number of carbonyl (C=O) groups is 1. The minimum absolute atomic E-state index is 0.230. The molecule has 0 saturated carbocycles. The number of thiazole rings is 1. The fourth-order valence-corrected chi connectivity index (χ4v) is 3.13. The summed E-state index contributed by atoms with van der Waals surface area (Å²) in [4.78, 5) is 20.5. The molecule has 0 aliphatic carbocycles. The van der Waals surface area contributed by atoms with E-state index in [4.69, 9.17) is 0 Å². The summed E-state index contributed by atoms with van der Waals surface area (Å²) in [7, 11) is 5.73. The normalized spacial score (nSPS) is 21.5. The van der Waals surface area contributed by atoms with Gasteiger partial charge in [0, 0.05) is 37.5 Å². The highest BCUT2D eigenvalue weighted by Gasteiger charge is 2.23.